The topological polar surface area (TPSA) is 67.9 Å². The van der Waals surface area contributed by atoms with Crippen molar-refractivity contribution in [3.05, 3.63) is 90.0 Å². The van der Waals surface area contributed by atoms with Gasteiger partial charge in [-0.25, -0.2) is 0 Å². The lowest BCUT2D eigenvalue weighted by Gasteiger charge is -2.36. The Balaban J connectivity index is 1.46. The van der Waals surface area contributed by atoms with Gasteiger partial charge in [0.25, 0.3) is 0 Å². The highest BCUT2D eigenvalue weighted by Crippen LogP contribution is 2.30. The Morgan fingerprint density at radius 2 is 1.38 bits per heavy atom. The number of likely N-dealkylation sites (tertiary alicyclic amines) is 1. The molecule has 0 saturated carbocycles. The molecule has 1 atom stereocenters. The monoisotopic (exact) mass is 458 g/mol. The second-order valence-corrected chi connectivity index (χ2v) is 8.43. The molecule has 1 heterocycles. The molecule has 1 amide bonds. The zero-order valence-corrected chi connectivity index (χ0v) is 19.6. The van der Waals surface area contributed by atoms with E-state index in [4.69, 9.17) is 9.47 Å². The smallest absolute Gasteiger partial charge is 0.246 e. The van der Waals surface area contributed by atoms with Gasteiger partial charge in [0.1, 0.15) is 17.5 Å². The number of hydrogen-bond acceptors (Lipinski definition) is 5. The van der Waals surface area contributed by atoms with E-state index in [2.05, 4.69) is 10.2 Å². The predicted molar refractivity (Wildman–Crippen MR) is 132 cm³/mol. The van der Waals surface area contributed by atoms with E-state index in [9.17, 15) is 9.59 Å². The van der Waals surface area contributed by atoms with Crippen LogP contribution in [0.3, 0.4) is 0 Å². The molecule has 4 rings (SSSR count). The average Bonchev–Trinajstić information content (AvgIpc) is 2.90. The number of methoxy groups -OCH3 is 2. The molecular formula is C28H30N2O4. The summed E-state index contributed by atoms with van der Waals surface area (Å²) >= 11 is 0. The van der Waals surface area contributed by atoms with Crippen LogP contribution in [0.4, 0.5) is 5.69 Å². The van der Waals surface area contributed by atoms with Gasteiger partial charge in [-0.2, -0.15) is 0 Å². The van der Waals surface area contributed by atoms with Crippen LogP contribution in [0.1, 0.15) is 34.8 Å². The lowest BCUT2D eigenvalue weighted by Crippen LogP contribution is -2.43. The second-order valence-electron chi connectivity index (χ2n) is 8.43. The minimum Gasteiger partial charge on any atom is -0.497 e. The number of anilines is 1. The molecule has 6 heteroatoms. The van der Waals surface area contributed by atoms with Gasteiger partial charge in [-0.15, -0.1) is 0 Å². The van der Waals surface area contributed by atoms with Crippen LogP contribution in [-0.2, 0) is 4.79 Å². The fraction of sp³-hybridized carbons (Fsp3) is 0.286. The van der Waals surface area contributed by atoms with Crippen molar-refractivity contribution >= 4 is 17.4 Å². The van der Waals surface area contributed by atoms with Crippen LogP contribution in [0.2, 0.25) is 0 Å². The molecule has 3 aromatic rings. The highest BCUT2D eigenvalue weighted by molar-refractivity contribution is 5.98. The maximum atomic E-state index is 13.4. The lowest BCUT2D eigenvalue weighted by atomic mass is 9.87. The van der Waals surface area contributed by atoms with E-state index in [0.29, 0.717) is 31.5 Å². The van der Waals surface area contributed by atoms with E-state index in [1.54, 1.807) is 14.2 Å². The Morgan fingerprint density at radius 3 is 1.94 bits per heavy atom. The number of ketones is 1. The van der Waals surface area contributed by atoms with Crippen molar-refractivity contribution in [2.75, 3.05) is 32.6 Å². The SMILES string of the molecule is COc1ccc(NC(=O)C(c2ccccc2)N2CCC(C(=O)c3ccc(OC)cc3)CC2)cc1. The molecule has 1 aliphatic heterocycles. The van der Waals surface area contributed by atoms with Crippen molar-refractivity contribution in [3.63, 3.8) is 0 Å². The van der Waals surface area contributed by atoms with Gasteiger partial charge < -0.3 is 14.8 Å². The number of carbonyl (C=O) groups excluding carboxylic acids is 2. The Kier molecular flexibility index (Phi) is 7.60. The van der Waals surface area contributed by atoms with Crippen LogP contribution in [0, 0.1) is 5.92 Å². The van der Waals surface area contributed by atoms with Crippen LogP contribution in [0.25, 0.3) is 0 Å². The third-order valence-electron chi connectivity index (χ3n) is 6.36. The Bertz CT molecular complexity index is 1090. The minimum atomic E-state index is -0.430. The Hall–Kier alpha value is -3.64. The molecule has 0 radical (unpaired) electrons. The summed E-state index contributed by atoms with van der Waals surface area (Å²) in [6.45, 7) is 1.34. The Labute approximate surface area is 200 Å². The van der Waals surface area contributed by atoms with Gasteiger partial charge in [-0.05, 0) is 80.0 Å². The standard InChI is InChI=1S/C28H30N2O4/c1-33-24-12-8-21(9-13-24)27(31)22-16-18-30(19-17-22)26(20-6-4-3-5-7-20)28(32)29-23-10-14-25(34-2)15-11-23/h3-15,22,26H,16-19H2,1-2H3,(H,29,32). The van der Waals surface area contributed by atoms with Crippen LogP contribution in [0.5, 0.6) is 11.5 Å². The molecule has 1 N–H and O–H groups in total. The zero-order chi connectivity index (χ0) is 23.9. The number of benzene rings is 3. The maximum Gasteiger partial charge on any atom is 0.246 e. The van der Waals surface area contributed by atoms with Gasteiger partial charge in [-0.3, -0.25) is 14.5 Å². The second kappa shape index (κ2) is 11.0. The number of Topliss-reactive ketones (excluding diaryl/α,β-unsaturated/α-hetero) is 1. The van der Waals surface area contributed by atoms with Crippen molar-refractivity contribution in [2.45, 2.75) is 18.9 Å². The van der Waals surface area contributed by atoms with E-state index in [1.165, 1.54) is 0 Å². The molecule has 0 spiro atoms. The number of piperidine rings is 1. The number of nitrogens with zero attached hydrogens (tertiary/aromatic N) is 1. The first-order chi connectivity index (χ1) is 16.6. The van der Waals surface area contributed by atoms with E-state index in [0.717, 1.165) is 22.7 Å². The molecule has 1 aliphatic rings. The normalized spacial score (nSPS) is 15.4. The number of ether oxygens (including phenoxy) is 2. The number of rotatable bonds is 8. The zero-order valence-electron chi connectivity index (χ0n) is 19.6. The van der Waals surface area contributed by atoms with Gasteiger partial charge in [0.15, 0.2) is 5.78 Å². The van der Waals surface area contributed by atoms with E-state index in [-0.39, 0.29) is 17.6 Å². The fourth-order valence-electron chi connectivity index (χ4n) is 4.46. The van der Waals surface area contributed by atoms with Crippen LogP contribution < -0.4 is 14.8 Å². The molecule has 3 aromatic carbocycles. The summed E-state index contributed by atoms with van der Waals surface area (Å²) in [5.41, 5.74) is 2.36. The number of amides is 1. The van der Waals surface area contributed by atoms with E-state index >= 15 is 0 Å². The average molecular weight is 459 g/mol. The molecule has 0 aromatic heterocycles. The van der Waals surface area contributed by atoms with Gasteiger partial charge >= 0.3 is 0 Å². The van der Waals surface area contributed by atoms with Gasteiger partial charge in [0.2, 0.25) is 5.91 Å². The van der Waals surface area contributed by atoms with Crippen LogP contribution >= 0.6 is 0 Å². The minimum absolute atomic E-state index is 0.0503. The summed E-state index contributed by atoms with van der Waals surface area (Å²) in [6, 6.07) is 24.0. The van der Waals surface area contributed by atoms with Crippen molar-refractivity contribution in [3.8, 4) is 11.5 Å². The van der Waals surface area contributed by atoms with Crippen LogP contribution in [-0.4, -0.2) is 43.9 Å². The fourth-order valence-corrected chi connectivity index (χ4v) is 4.46. The quantitative estimate of drug-likeness (QED) is 0.482. The van der Waals surface area contributed by atoms with Gasteiger partial charge in [0.05, 0.1) is 14.2 Å². The van der Waals surface area contributed by atoms with E-state index in [1.807, 2.05) is 78.9 Å². The molecule has 1 saturated heterocycles. The van der Waals surface area contributed by atoms with Gasteiger partial charge in [0, 0.05) is 17.2 Å². The molecule has 176 valence electrons. The third kappa shape index (κ3) is 5.46. The summed E-state index contributed by atoms with van der Waals surface area (Å²) in [5.74, 6) is 1.49. The summed E-state index contributed by atoms with van der Waals surface area (Å²) in [6.07, 6.45) is 1.42. The molecule has 6 nitrogen and oxygen atoms in total. The number of nitrogens with one attached hydrogen (secondary N) is 1. The molecule has 34 heavy (non-hydrogen) atoms. The lowest BCUT2D eigenvalue weighted by molar-refractivity contribution is -0.122. The van der Waals surface area contributed by atoms with Crippen molar-refractivity contribution in [1.29, 1.82) is 0 Å². The first-order valence-corrected chi connectivity index (χ1v) is 11.5. The molecule has 0 aliphatic carbocycles. The summed E-state index contributed by atoms with van der Waals surface area (Å²) < 4.78 is 10.4. The van der Waals surface area contributed by atoms with Crippen molar-refractivity contribution < 1.29 is 19.1 Å². The molecule has 1 fully saturated rings. The first kappa shape index (κ1) is 23.5. The predicted octanol–water partition coefficient (Wildman–Crippen LogP) is 4.98. The number of carbonyl (C=O) groups is 2. The summed E-state index contributed by atoms with van der Waals surface area (Å²) in [5, 5.41) is 3.04. The van der Waals surface area contributed by atoms with Gasteiger partial charge in [-0.1, -0.05) is 30.3 Å². The van der Waals surface area contributed by atoms with E-state index < -0.39 is 6.04 Å². The van der Waals surface area contributed by atoms with Crippen molar-refractivity contribution in [2.24, 2.45) is 5.92 Å². The molecule has 1 unspecified atom stereocenters. The first-order valence-electron chi connectivity index (χ1n) is 11.5. The van der Waals surface area contributed by atoms with Crippen LogP contribution in [0.15, 0.2) is 78.9 Å². The van der Waals surface area contributed by atoms with Crippen molar-refractivity contribution in [1.82, 2.24) is 4.90 Å². The third-order valence-corrected chi connectivity index (χ3v) is 6.36. The number of hydrogen-bond donors (Lipinski definition) is 1. The molecular weight excluding hydrogens is 428 g/mol. The highest BCUT2D eigenvalue weighted by Gasteiger charge is 2.33. The largest absolute Gasteiger partial charge is 0.497 e. The maximum absolute atomic E-state index is 13.4. The highest BCUT2D eigenvalue weighted by atomic mass is 16.5. The summed E-state index contributed by atoms with van der Waals surface area (Å²) in [7, 11) is 3.22. The Morgan fingerprint density at radius 1 is 0.824 bits per heavy atom. The molecule has 0 bridgehead atoms. The summed E-state index contributed by atoms with van der Waals surface area (Å²) in [4.78, 5) is 28.6.